The molecule has 0 bridgehead atoms. The average Bonchev–Trinajstić information content (AvgIpc) is 3.55. The number of fused-ring (bicyclic) bond motifs is 3. The van der Waals surface area contributed by atoms with E-state index < -0.39 is 0 Å². The van der Waals surface area contributed by atoms with Crippen molar-refractivity contribution in [2.45, 2.75) is 6.10 Å². The number of nitrogens with one attached hydrogen (secondary N) is 1. The van der Waals surface area contributed by atoms with Gasteiger partial charge in [0.25, 0.3) is 0 Å². The smallest absolute Gasteiger partial charge is 0.161 e. The Morgan fingerprint density at radius 3 is 2.37 bits per heavy atom. The third-order valence-corrected chi connectivity index (χ3v) is 4.76. The van der Waals surface area contributed by atoms with E-state index >= 15 is 0 Å². The van der Waals surface area contributed by atoms with E-state index in [1.165, 1.54) is 5.39 Å². The molecular formula is C24H26N2O4. The number of hydrogen-bond acceptors (Lipinski definition) is 5. The van der Waals surface area contributed by atoms with Gasteiger partial charge >= 0.3 is 0 Å². The van der Waals surface area contributed by atoms with Gasteiger partial charge in [0.15, 0.2) is 11.5 Å². The van der Waals surface area contributed by atoms with E-state index in [2.05, 4.69) is 29.2 Å². The van der Waals surface area contributed by atoms with Gasteiger partial charge in [-0.1, -0.05) is 36.4 Å². The molecule has 1 aromatic heterocycles. The quantitative estimate of drug-likeness (QED) is 0.451. The van der Waals surface area contributed by atoms with Gasteiger partial charge in [-0.3, -0.25) is 0 Å². The summed E-state index contributed by atoms with van der Waals surface area (Å²) < 4.78 is 21.4. The lowest BCUT2D eigenvalue weighted by molar-refractivity contribution is 0.265. The number of methoxy groups -OCH3 is 1. The van der Waals surface area contributed by atoms with Gasteiger partial charge in [0.1, 0.15) is 25.1 Å². The molecule has 0 saturated carbocycles. The third kappa shape index (κ3) is 4.67. The van der Waals surface area contributed by atoms with Crippen LogP contribution in [0, 0.1) is 0 Å². The van der Waals surface area contributed by atoms with Crippen LogP contribution in [0.25, 0.3) is 21.8 Å². The van der Waals surface area contributed by atoms with Crippen LogP contribution in [0.3, 0.4) is 0 Å². The molecule has 0 spiro atoms. The minimum Gasteiger partial charge on any atom is -0.493 e. The van der Waals surface area contributed by atoms with Crippen LogP contribution in [-0.2, 0) is 4.74 Å². The van der Waals surface area contributed by atoms with E-state index in [0.717, 1.165) is 40.3 Å². The Kier molecular flexibility index (Phi) is 6.37. The van der Waals surface area contributed by atoms with Crippen LogP contribution < -0.4 is 19.9 Å². The van der Waals surface area contributed by atoms with Crippen LogP contribution >= 0.6 is 0 Å². The number of aromatic amines is 1. The highest BCUT2D eigenvalue weighted by atomic mass is 16.6. The largest absolute Gasteiger partial charge is 0.493 e. The lowest BCUT2D eigenvalue weighted by Crippen LogP contribution is -2.10. The zero-order chi connectivity index (χ0) is 20.8. The predicted molar refractivity (Wildman–Crippen MR) is 119 cm³/mol. The number of ether oxygens (including phenoxy) is 4. The fraction of sp³-hybridized carbons (Fsp3) is 0.250. The summed E-state index contributed by atoms with van der Waals surface area (Å²) in [5.74, 6) is 2.41. The molecule has 3 aromatic carbocycles. The molecule has 1 fully saturated rings. The van der Waals surface area contributed by atoms with Crippen molar-refractivity contribution in [1.82, 2.24) is 4.98 Å². The van der Waals surface area contributed by atoms with Gasteiger partial charge in [-0.05, 0) is 30.3 Å². The first-order valence-corrected chi connectivity index (χ1v) is 10.00. The van der Waals surface area contributed by atoms with Gasteiger partial charge in [0.05, 0.1) is 19.2 Å². The van der Waals surface area contributed by atoms with Crippen molar-refractivity contribution >= 4 is 21.8 Å². The molecule has 4 aromatic rings. The molecule has 0 aliphatic carbocycles. The maximum atomic E-state index is 5.86. The van der Waals surface area contributed by atoms with Gasteiger partial charge in [0, 0.05) is 22.8 Å². The van der Waals surface area contributed by atoms with Crippen LogP contribution in [-0.4, -0.2) is 44.6 Å². The van der Waals surface area contributed by atoms with Crippen molar-refractivity contribution in [3.63, 3.8) is 0 Å². The maximum absolute atomic E-state index is 5.86. The number of epoxide rings is 1. The highest BCUT2D eigenvalue weighted by molar-refractivity contribution is 6.10. The topological polar surface area (TPSA) is 82.0 Å². The summed E-state index contributed by atoms with van der Waals surface area (Å²) in [6, 6.07) is 21.9. The monoisotopic (exact) mass is 406 g/mol. The number of benzene rings is 3. The Morgan fingerprint density at radius 1 is 0.900 bits per heavy atom. The van der Waals surface area contributed by atoms with Gasteiger partial charge in [0.2, 0.25) is 0 Å². The van der Waals surface area contributed by atoms with Crippen molar-refractivity contribution in [1.29, 1.82) is 0 Å². The molecule has 5 rings (SSSR count). The second-order valence-corrected chi connectivity index (χ2v) is 6.90. The zero-order valence-electron chi connectivity index (χ0n) is 17.0. The van der Waals surface area contributed by atoms with Gasteiger partial charge in [-0.2, -0.15) is 0 Å². The molecule has 1 aliphatic heterocycles. The zero-order valence-corrected chi connectivity index (χ0v) is 17.0. The van der Waals surface area contributed by atoms with Gasteiger partial charge in [-0.15, -0.1) is 0 Å². The first-order valence-electron chi connectivity index (χ1n) is 10.00. The Bertz CT molecular complexity index is 1100. The van der Waals surface area contributed by atoms with Crippen molar-refractivity contribution < 1.29 is 18.9 Å². The Labute approximate surface area is 175 Å². The summed E-state index contributed by atoms with van der Waals surface area (Å²) in [5, 5.41) is 2.37. The SMILES string of the molecule is COc1ccccc1OCCN.c1ccc2c(c1)[nH]c1cccc(OCC3CO3)c12. The number of rotatable bonds is 7. The molecule has 0 amide bonds. The lowest BCUT2D eigenvalue weighted by atomic mass is 10.1. The average molecular weight is 406 g/mol. The van der Waals surface area contributed by atoms with Crippen molar-refractivity contribution in [3.05, 3.63) is 66.7 Å². The molecule has 0 radical (unpaired) electrons. The van der Waals surface area contributed by atoms with Crippen LogP contribution in [0.2, 0.25) is 0 Å². The normalized spacial score (nSPS) is 14.8. The number of aromatic nitrogens is 1. The Hall–Kier alpha value is -3.22. The minimum absolute atomic E-state index is 0.283. The number of para-hydroxylation sites is 3. The molecule has 156 valence electrons. The van der Waals surface area contributed by atoms with Crippen molar-refractivity contribution in [3.8, 4) is 17.2 Å². The fourth-order valence-electron chi connectivity index (χ4n) is 3.24. The summed E-state index contributed by atoms with van der Waals surface area (Å²) in [7, 11) is 1.62. The van der Waals surface area contributed by atoms with E-state index in [1.54, 1.807) is 7.11 Å². The summed E-state index contributed by atoms with van der Waals surface area (Å²) in [6.45, 7) is 2.49. The van der Waals surface area contributed by atoms with E-state index in [-0.39, 0.29) is 6.10 Å². The maximum Gasteiger partial charge on any atom is 0.161 e. The van der Waals surface area contributed by atoms with Crippen LogP contribution in [0.1, 0.15) is 0 Å². The van der Waals surface area contributed by atoms with Gasteiger partial charge in [-0.25, -0.2) is 0 Å². The molecule has 30 heavy (non-hydrogen) atoms. The molecule has 2 heterocycles. The minimum atomic E-state index is 0.283. The second-order valence-electron chi connectivity index (χ2n) is 6.90. The van der Waals surface area contributed by atoms with E-state index in [4.69, 9.17) is 24.7 Å². The number of hydrogen-bond donors (Lipinski definition) is 2. The summed E-state index contributed by atoms with van der Waals surface area (Å²) in [5.41, 5.74) is 7.56. The molecule has 1 saturated heterocycles. The Morgan fingerprint density at radius 2 is 1.60 bits per heavy atom. The highest BCUT2D eigenvalue weighted by Gasteiger charge is 2.23. The lowest BCUT2D eigenvalue weighted by Gasteiger charge is -2.08. The molecule has 1 atom stereocenters. The molecule has 3 N–H and O–H groups in total. The molecular weight excluding hydrogens is 380 g/mol. The number of nitrogens with two attached hydrogens (primary N) is 1. The van der Waals surface area contributed by atoms with Crippen molar-refractivity contribution in [2.24, 2.45) is 5.73 Å². The summed E-state index contributed by atoms with van der Waals surface area (Å²) in [6.07, 6.45) is 0.283. The molecule has 6 heteroatoms. The highest BCUT2D eigenvalue weighted by Crippen LogP contribution is 2.33. The Balaban J connectivity index is 0.000000159. The van der Waals surface area contributed by atoms with E-state index in [1.807, 2.05) is 42.5 Å². The molecule has 6 nitrogen and oxygen atoms in total. The fourth-order valence-corrected chi connectivity index (χ4v) is 3.24. The van der Waals surface area contributed by atoms with Crippen LogP contribution in [0.5, 0.6) is 17.2 Å². The number of H-pyrrole nitrogens is 1. The summed E-state index contributed by atoms with van der Waals surface area (Å²) in [4.78, 5) is 3.41. The van der Waals surface area contributed by atoms with Crippen molar-refractivity contribution in [2.75, 3.05) is 33.5 Å². The third-order valence-electron chi connectivity index (χ3n) is 4.76. The second kappa shape index (κ2) is 9.52. The van der Waals surface area contributed by atoms with Gasteiger partial charge < -0.3 is 29.7 Å². The van der Waals surface area contributed by atoms with E-state index in [0.29, 0.717) is 19.8 Å². The standard InChI is InChI=1S/C15H13NO2.C9H13NO2/c1-2-5-12-11(4-1)15-13(16-12)6-3-7-14(15)18-9-10-8-17-10;1-11-8-4-2-3-5-9(8)12-7-6-10/h1-7,10,16H,8-9H2;2-5H,6-7,10H2,1H3. The first-order chi connectivity index (χ1) is 14.8. The summed E-state index contributed by atoms with van der Waals surface area (Å²) >= 11 is 0. The van der Waals surface area contributed by atoms with Crippen LogP contribution in [0.15, 0.2) is 66.7 Å². The predicted octanol–water partition coefficient (Wildman–Crippen LogP) is 4.13. The molecule has 1 unspecified atom stereocenters. The van der Waals surface area contributed by atoms with Crippen LogP contribution in [0.4, 0.5) is 0 Å². The van der Waals surface area contributed by atoms with E-state index in [9.17, 15) is 0 Å². The first kappa shape index (κ1) is 20.1. The molecule has 1 aliphatic rings.